The predicted octanol–water partition coefficient (Wildman–Crippen LogP) is 2.43. The molecule has 0 atom stereocenters. The number of benzene rings is 2. The number of para-hydroxylation sites is 1. The number of ether oxygens (including phenoxy) is 1. The molecule has 180 valence electrons. The van der Waals surface area contributed by atoms with Gasteiger partial charge in [0.25, 0.3) is 11.5 Å². The third-order valence-electron chi connectivity index (χ3n) is 5.12. The molecule has 0 saturated heterocycles. The van der Waals surface area contributed by atoms with E-state index < -0.39 is 0 Å². The van der Waals surface area contributed by atoms with Gasteiger partial charge >= 0.3 is 0 Å². The summed E-state index contributed by atoms with van der Waals surface area (Å²) in [6.45, 7) is 3.95. The molecule has 0 radical (unpaired) electrons. The largest absolute Gasteiger partial charge is 0.484 e. The molecule has 2 aromatic heterocycles. The van der Waals surface area contributed by atoms with Crippen LogP contribution in [-0.2, 0) is 16.1 Å². The number of anilines is 1. The Morgan fingerprint density at radius 3 is 2.60 bits per heavy atom. The maximum atomic E-state index is 12.9. The molecule has 11 heteroatoms. The van der Waals surface area contributed by atoms with Crippen LogP contribution < -0.4 is 15.6 Å². The summed E-state index contributed by atoms with van der Waals surface area (Å²) in [4.78, 5) is 38.5. The summed E-state index contributed by atoms with van der Waals surface area (Å²) in [6.07, 6.45) is 1.63. The van der Waals surface area contributed by atoms with E-state index in [1.165, 1.54) is 21.2 Å². The van der Waals surface area contributed by atoms with Gasteiger partial charge < -0.3 is 15.0 Å². The van der Waals surface area contributed by atoms with Crippen molar-refractivity contribution in [1.29, 1.82) is 0 Å². The Kier molecular flexibility index (Phi) is 7.16. The highest BCUT2D eigenvalue weighted by Crippen LogP contribution is 2.22. The molecular formula is C24H24N6O4S. The fourth-order valence-electron chi connectivity index (χ4n) is 3.36. The minimum Gasteiger partial charge on any atom is -0.484 e. The molecule has 2 amide bonds. The third kappa shape index (κ3) is 5.19. The van der Waals surface area contributed by atoms with Gasteiger partial charge in [-0.3, -0.25) is 23.4 Å². The molecule has 0 fully saturated rings. The number of likely N-dealkylation sites (N-methyl/N-ethyl adjacent to an activating group) is 1. The van der Waals surface area contributed by atoms with Gasteiger partial charge in [-0.15, -0.1) is 16.8 Å². The molecule has 0 aliphatic carbocycles. The molecule has 1 N–H and O–H groups in total. The number of hydrogen-bond acceptors (Lipinski definition) is 7. The Hall–Kier alpha value is -4.12. The van der Waals surface area contributed by atoms with E-state index in [1.807, 2.05) is 12.1 Å². The molecule has 0 spiro atoms. The molecule has 4 rings (SSSR count). The second-order valence-electron chi connectivity index (χ2n) is 7.78. The number of carbonyl (C=O) groups excluding carboxylic acids is 2. The average molecular weight is 493 g/mol. The minimum atomic E-state index is -0.230. The highest BCUT2D eigenvalue weighted by Gasteiger charge is 2.17. The number of nitrogens with zero attached hydrogens (tertiary/aromatic N) is 5. The van der Waals surface area contributed by atoms with Crippen molar-refractivity contribution in [3.05, 3.63) is 71.5 Å². The summed E-state index contributed by atoms with van der Waals surface area (Å²) in [5.41, 5.74) is 1.09. The third-order valence-corrected chi connectivity index (χ3v) is 6.05. The molecule has 2 heterocycles. The van der Waals surface area contributed by atoms with E-state index in [-0.39, 0.29) is 29.7 Å². The standard InChI is InChI=1S/C24H24N6O4S/c1-4-13-29-22(33)18-7-5-6-8-19(18)30-23(29)26-27-24(30)35-15-20(31)25-16-9-11-17(12-10-16)34-14-21(32)28(2)3/h4-12H,1,13-15H2,2-3H3,(H,25,31). The van der Waals surface area contributed by atoms with Crippen molar-refractivity contribution >= 4 is 45.9 Å². The van der Waals surface area contributed by atoms with Gasteiger partial charge in [0.2, 0.25) is 11.7 Å². The van der Waals surface area contributed by atoms with Crippen molar-refractivity contribution in [3.8, 4) is 5.75 Å². The van der Waals surface area contributed by atoms with Crippen molar-refractivity contribution in [2.24, 2.45) is 0 Å². The normalized spacial score (nSPS) is 10.9. The van der Waals surface area contributed by atoms with Gasteiger partial charge in [0.1, 0.15) is 5.75 Å². The van der Waals surface area contributed by atoms with Gasteiger partial charge in [-0.25, -0.2) is 0 Å². The Labute approximate surface area is 205 Å². The maximum absolute atomic E-state index is 12.9. The van der Waals surface area contributed by atoms with Crippen molar-refractivity contribution < 1.29 is 14.3 Å². The van der Waals surface area contributed by atoms with Gasteiger partial charge in [0, 0.05) is 26.3 Å². The lowest BCUT2D eigenvalue weighted by molar-refractivity contribution is -0.130. The molecule has 4 aromatic rings. The number of nitrogens with one attached hydrogen (secondary N) is 1. The van der Waals surface area contributed by atoms with Gasteiger partial charge in [0.15, 0.2) is 11.8 Å². The summed E-state index contributed by atoms with van der Waals surface area (Å²) in [5, 5.41) is 12.3. The average Bonchev–Trinajstić information content (AvgIpc) is 3.28. The first kappa shape index (κ1) is 24.0. The molecule has 0 unspecified atom stereocenters. The van der Waals surface area contributed by atoms with E-state index in [1.54, 1.807) is 61.0 Å². The van der Waals surface area contributed by atoms with Crippen LogP contribution in [0.3, 0.4) is 0 Å². The van der Waals surface area contributed by atoms with E-state index in [0.717, 1.165) is 0 Å². The van der Waals surface area contributed by atoms with Gasteiger partial charge in [-0.2, -0.15) is 0 Å². The highest BCUT2D eigenvalue weighted by molar-refractivity contribution is 7.99. The van der Waals surface area contributed by atoms with Crippen LogP contribution in [0.25, 0.3) is 16.7 Å². The Morgan fingerprint density at radius 2 is 1.89 bits per heavy atom. The molecule has 0 aliphatic rings. The molecule has 2 aromatic carbocycles. The number of fused-ring (bicyclic) bond motifs is 3. The van der Waals surface area contributed by atoms with Crippen LogP contribution in [0.1, 0.15) is 0 Å². The first-order valence-electron chi connectivity index (χ1n) is 10.7. The van der Waals surface area contributed by atoms with Crippen molar-refractivity contribution in [3.63, 3.8) is 0 Å². The van der Waals surface area contributed by atoms with Crippen molar-refractivity contribution in [2.45, 2.75) is 11.7 Å². The number of rotatable bonds is 9. The lowest BCUT2D eigenvalue weighted by Gasteiger charge is -2.12. The zero-order valence-corrected chi connectivity index (χ0v) is 20.1. The summed E-state index contributed by atoms with van der Waals surface area (Å²) in [7, 11) is 3.32. The topological polar surface area (TPSA) is 111 Å². The van der Waals surface area contributed by atoms with E-state index in [4.69, 9.17) is 4.74 Å². The number of carbonyl (C=O) groups is 2. The van der Waals surface area contributed by atoms with Crippen LogP contribution in [0.4, 0.5) is 5.69 Å². The minimum absolute atomic E-state index is 0.0586. The van der Waals surface area contributed by atoms with Crippen LogP contribution in [0.15, 0.2) is 71.1 Å². The second-order valence-corrected chi connectivity index (χ2v) is 8.72. The van der Waals surface area contributed by atoms with Crippen LogP contribution >= 0.6 is 11.8 Å². The summed E-state index contributed by atoms with van der Waals surface area (Å²) in [5.74, 6) is 0.632. The van der Waals surface area contributed by atoms with Gasteiger partial charge in [-0.1, -0.05) is 30.0 Å². The molecule has 10 nitrogen and oxygen atoms in total. The van der Waals surface area contributed by atoms with Gasteiger partial charge in [-0.05, 0) is 36.4 Å². The summed E-state index contributed by atoms with van der Waals surface area (Å²) >= 11 is 1.22. The fourth-order valence-corrected chi connectivity index (χ4v) is 4.10. The number of aromatic nitrogens is 4. The zero-order valence-electron chi connectivity index (χ0n) is 19.3. The Balaban J connectivity index is 1.46. The monoisotopic (exact) mass is 492 g/mol. The first-order chi connectivity index (χ1) is 16.9. The predicted molar refractivity (Wildman–Crippen MR) is 135 cm³/mol. The van der Waals surface area contributed by atoms with Gasteiger partial charge in [0.05, 0.1) is 16.7 Å². The lowest BCUT2D eigenvalue weighted by Crippen LogP contribution is -2.27. The highest BCUT2D eigenvalue weighted by atomic mass is 32.2. The van der Waals surface area contributed by atoms with E-state index in [2.05, 4.69) is 22.1 Å². The first-order valence-corrected chi connectivity index (χ1v) is 11.7. The number of thioether (sulfide) groups is 1. The number of allylic oxidation sites excluding steroid dienone is 1. The Morgan fingerprint density at radius 1 is 1.14 bits per heavy atom. The molecule has 35 heavy (non-hydrogen) atoms. The van der Waals surface area contributed by atoms with Crippen LogP contribution in [-0.4, -0.2) is 62.3 Å². The number of amides is 2. The molecule has 0 bridgehead atoms. The van der Waals surface area contributed by atoms with E-state index in [9.17, 15) is 14.4 Å². The lowest BCUT2D eigenvalue weighted by atomic mass is 10.2. The second kappa shape index (κ2) is 10.4. The van der Waals surface area contributed by atoms with Crippen molar-refractivity contribution in [2.75, 3.05) is 31.8 Å². The van der Waals surface area contributed by atoms with E-state index >= 15 is 0 Å². The molecular weight excluding hydrogens is 468 g/mol. The van der Waals surface area contributed by atoms with Crippen LogP contribution in [0, 0.1) is 0 Å². The maximum Gasteiger partial charge on any atom is 0.263 e. The number of hydrogen-bond donors (Lipinski definition) is 1. The smallest absolute Gasteiger partial charge is 0.263 e. The zero-order chi connectivity index (χ0) is 24.9. The summed E-state index contributed by atoms with van der Waals surface area (Å²) < 4.78 is 8.72. The van der Waals surface area contributed by atoms with Crippen molar-refractivity contribution in [1.82, 2.24) is 24.1 Å². The summed E-state index contributed by atoms with van der Waals surface area (Å²) in [6, 6.07) is 14.0. The molecule has 0 aliphatic heterocycles. The molecule has 0 saturated carbocycles. The Bertz CT molecular complexity index is 1460. The quantitative estimate of drug-likeness (QED) is 0.282. The van der Waals surface area contributed by atoms with E-state index in [0.29, 0.717) is 39.8 Å². The van der Waals surface area contributed by atoms with Crippen LogP contribution in [0.5, 0.6) is 5.75 Å². The fraction of sp³-hybridized carbons (Fsp3) is 0.208. The van der Waals surface area contributed by atoms with Crippen LogP contribution in [0.2, 0.25) is 0 Å². The SMILES string of the molecule is C=CCn1c(=O)c2ccccc2n2c(SCC(=O)Nc3ccc(OCC(=O)N(C)C)cc3)nnc12.